The van der Waals surface area contributed by atoms with Gasteiger partial charge in [0.1, 0.15) is 5.60 Å². The van der Waals surface area contributed by atoms with Gasteiger partial charge < -0.3 is 20.2 Å². The minimum atomic E-state index is -1.33. The van der Waals surface area contributed by atoms with Crippen LogP contribution < -0.4 is 5.32 Å². The van der Waals surface area contributed by atoms with Crippen molar-refractivity contribution in [1.82, 2.24) is 14.8 Å². The Balaban J connectivity index is 1.25. The molecule has 29 heavy (non-hydrogen) atoms. The third-order valence-electron chi connectivity index (χ3n) is 5.65. The first kappa shape index (κ1) is 19.4. The normalized spacial score (nSPS) is 17.5. The molecule has 7 nitrogen and oxygen atoms in total. The second kappa shape index (κ2) is 7.48. The predicted octanol–water partition coefficient (Wildman–Crippen LogP) is 2.41. The summed E-state index contributed by atoms with van der Waals surface area (Å²) in [6, 6.07) is 11.6. The van der Waals surface area contributed by atoms with E-state index in [9.17, 15) is 14.7 Å². The summed E-state index contributed by atoms with van der Waals surface area (Å²) in [6.45, 7) is 5.63. The standard InChI is InChI=1S/C22H26N4O3/c1-22(2,29)20(27)25-11-17(12-25)15-5-7-19(8-6-15)24-21(28)26-13-18(14-26)16-4-3-9-23-10-16/h3-10,17-18,29H,11-14H2,1-2H3,(H,24,28). The number of benzene rings is 1. The van der Waals surface area contributed by atoms with Crippen LogP contribution in [0, 0.1) is 0 Å². The van der Waals surface area contributed by atoms with Crippen LogP contribution in [0.3, 0.4) is 0 Å². The van der Waals surface area contributed by atoms with E-state index in [1.807, 2.05) is 42.6 Å². The van der Waals surface area contributed by atoms with Crippen LogP contribution >= 0.6 is 0 Å². The number of aromatic nitrogens is 1. The van der Waals surface area contributed by atoms with Crippen LogP contribution in [0.2, 0.25) is 0 Å². The summed E-state index contributed by atoms with van der Waals surface area (Å²) in [5, 5.41) is 12.7. The van der Waals surface area contributed by atoms with Gasteiger partial charge in [-0.05, 0) is 43.2 Å². The third kappa shape index (κ3) is 4.10. The van der Waals surface area contributed by atoms with Crippen molar-refractivity contribution in [2.75, 3.05) is 31.5 Å². The molecule has 4 rings (SSSR count). The number of hydrogen-bond donors (Lipinski definition) is 2. The van der Waals surface area contributed by atoms with Gasteiger partial charge in [0.05, 0.1) is 0 Å². The van der Waals surface area contributed by atoms with Gasteiger partial charge in [-0.2, -0.15) is 0 Å². The van der Waals surface area contributed by atoms with E-state index in [0.717, 1.165) is 11.3 Å². The fourth-order valence-electron chi connectivity index (χ4n) is 3.76. The third-order valence-corrected chi connectivity index (χ3v) is 5.65. The number of aliphatic hydroxyl groups is 1. The summed E-state index contributed by atoms with van der Waals surface area (Å²) in [7, 11) is 0. The molecule has 0 spiro atoms. The zero-order chi connectivity index (χ0) is 20.6. The van der Waals surface area contributed by atoms with Gasteiger partial charge in [-0.25, -0.2) is 4.79 Å². The molecule has 0 unspecified atom stereocenters. The maximum absolute atomic E-state index is 12.4. The number of anilines is 1. The van der Waals surface area contributed by atoms with E-state index in [4.69, 9.17) is 0 Å². The molecule has 2 fully saturated rings. The van der Waals surface area contributed by atoms with E-state index in [-0.39, 0.29) is 17.9 Å². The Morgan fingerprint density at radius 2 is 1.62 bits per heavy atom. The topological polar surface area (TPSA) is 85.8 Å². The predicted molar refractivity (Wildman–Crippen MR) is 110 cm³/mol. The van der Waals surface area contributed by atoms with Crippen LogP contribution in [0.5, 0.6) is 0 Å². The average molecular weight is 394 g/mol. The van der Waals surface area contributed by atoms with Crippen molar-refractivity contribution >= 4 is 17.6 Å². The van der Waals surface area contributed by atoms with E-state index in [1.54, 1.807) is 16.0 Å². The van der Waals surface area contributed by atoms with Gasteiger partial charge in [-0.1, -0.05) is 18.2 Å². The van der Waals surface area contributed by atoms with Crippen LogP contribution in [0.15, 0.2) is 48.8 Å². The first-order chi connectivity index (χ1) is 13.8. The lowest BCUT2D eigenvalue weighted by Gasteiger charge is -2.42. The number of likely N-dealkylation sites (tertiary alicyclic amines) is 2. The molecule has 2 N–H and O–H groups in total. The summed E-state index contributed by atoms with van der Waals surface area (Å²) in [4.78, 5) is 32.0. The molecule has 1 aromatic heterocycles. The second-order valence-electron chi connectivity index (χ2n) is 8.41. The molecule has 0 atom stereocenters. The number of rotatable bonds is 4. The summed E-state index contributed by atoms with van der Waals surface area (Å²) >= 11 is 0. The molecular weight excluding hydrogens is 368 g/mol. The van der Waals surface area contributed by atoms with Crippen LogP contribution in [0.4, 0.5) is 10.5 Å². The number of pyridine rings is 1. The van der Waals surface area contributed by atoms with Gasteiger partial charge in [-0.15, -0.1) is 0 Å². The maximum Gasteiger partial charge on any atom is 0.321 e. The van der Waals surface area contributed by atoms with Gasteiger partial charge in [0.2, 0.25) is 0 Å². The zero-order valence-corrected chi connectivity index (χ0v) is 16.7. The lowest BCUT2D eigenvalue weighted by Crippen LogP contribution is -2.55. The van der Waals surface area contributed by atoms with E-state index in [0.29, 0.717) is 32.1 Å². The summed E-state index contributed by atoms with van der Waals surface area (Å²) < 4.78 is 0. The molecular formula is C22H26N4O3. The number of nitrogens with one attached hydrogen (secondary N) is 1. The van der Waals surface area contributed by atoms with Crippen molar-refractivity contribution < 1.29 is 14.7 Å². The van der Waals surface area contributed by atoms with Crippen molar-refractivity contribution in [3.8, 4) is 0 Å². The minimum absolute atomic E-state index is 0.0940. The van der Waals surface area contributed by atoms with Crippen molar-refractivity contribution in [3.05, 3.63) is 59.9 Å². The molecule has 3 amide bonds. The zero-order valence-electron chi connectivity index (χ0n) is 16.7. The Morgan fingerprint density at radius 3 is 2.21 bits per heavy atom. The fraction of sp³-hybridized carbons (Fsp3) is 0.409. The monoisotopic (exact) mass is 394 g/mol. The molecule has 2 aliphatic heterocycles. The van der Waals surface area contributed by atoms with Gasteiger partial charge in [0.25, 0.3) is 5.91 Å². The van der Waals surface area contributed by atoms with Crippen molar-refractivity contribution in [3.63, 3.8) is 0 Å². The highest BCUT2D eigenvalue weighted by atomic mass is 16.3. The highest BCUT2D eigenvalue weighted by molar-refractivity contribution is 5.90. The number of carbonyl (C=O) groups is 2. The molecule has 0 radical (unpaired) electrons. The SMILES string of the molecule is CC(C)(O)C(=O)N1CC(c2ccc(NC(=O)N3CC(c4cccnc4)C3)cc2)C1. The van der Waals surface area contributed by atoms with Gasteiger partial charge in [0, 0.05) is 56.1 Å². The Bertz CT molecular complexity index is 881. The molecule has 2 saturated heterocycles. The molecule has 1 aromatic carbocycles. The summed E-state index contributed by atoms with van der Waals surface area (Å²) in [6.07, 6.45) is 3.61. The number of amides is 3. The Morgan fingerprint density at radius 1 is 1.00 bits per heavy atom. The van der Waals surface area contributed by atoms with E-state index in [2.05, 4.69) is 10.3 Å². The highest BCUT2D eigenvalue weighted by Crippen LogP contribution is 2.30. The number of nitrogens with zero attached hydrogens (tertiary/aromatic N) is 3. The minimum Gasteiger partial charge on any atom is -0.381 e. The molecule has 2 aromatic rings. The maximum atomic E-state index is 12.4. The van der Waals surface area contributed by atoms with E-state index < -0.39 is 5.60 Å². The molecule has 0 bridgehead atoms. The average Bonchev–Trinajstić information content (AvgIpc) is 2.60. The fourth-order valence-corrected chi connectivity index (χ4v) is 3.76. The Kier molecular flexibility index (Phi) is 5.00. The molecule has 152 valence electrons. The van der Waals surface area contributed by atoms with Gasteiger partial charge in [0.15, 0.2) is 0 Å². The van der Waals surface area contributed by atoms with E-state index >= 15 is 0 Å². The lowest BCUT2D eigenvalue weighted by atomic mass is 9.90. The van der Waals surface area contributed by atoms with Crippen LogP contribution in [-0.2, 0) is 4.79 Å². The molecule has 7 heteroatoms. The van der Waals surface area contributed by atoms with Gasteiger partial charge >= 0.3 is 6.03 Å². The molecule has 0 saturated carbocycles. The number of carbonyl (C=O) groups excluding carboxylic acids is 2. The summed E-state index contributed by atoms with van der Waals surface area (Å²) in [5.74, 6) is 0.378. The van der Waals surface area contributed by atoms with Crippen molar-refractivity contribution in [2.45, 2.75) is 31.3 Å². The molecule has 3 heterocycles. The quantitative estimate of drug-likeness (QED) is 0.834. The Labute approximate surface area is 170 Å². The highest BCUT2D eigenvalue weighted by Gasteiger charge is 2.38. The number of hydrogen-bond acceptors (Lipinski definition) is 4. The molecule has 2 aliphatic rings. The first-order valence-electron chi connectivity index (χ1n) is 9.89. The van der Waals surface area contributed by atoms with Crippen molar-refractivity contribution in [2.24, 2.45) is 0 Å². The largest absolute Gasteiger partial charge is 0.381 e. The first-order valence-corrected chi connectivity index (χ1v) is 9.89. The lowest BCUT2D eigenvalue weighted by molar-refractivity contribution is -0.152. The van der Waals surface area contributed by atoms with E-state index in [1.165, 1.54) is 19.4 Å². The van der Waals surface area contributed by atoms with Crippen LogP contribution in [0.25, 0.3) is 0 Å². The smallest absolute Gasteiger partial charge is 0.321 e. The van der Waals surface area contributed by atoms with Crippen LogP contribution in [0.1, 0.15) is 36.8 Å². The van der Waals surface area contributed by atoms with Crippen LogP contribution in [-0.4, -0.2) is 63.6 Å². The van der Waals surface area contributed by atoms with Gasteiger partial charge in [-0.3, -0.25) is 9.78 Å². The summed E-state index contributed by atoms with van der Waals surface area (Å²) in [5.41, 5.74) is 1.72. The second-order valence-corrected chi connectivity index (χ2v) is 8.41. The Hall–Kier alpha value is -2.93. The molecule has 0 aliphatic carbocycles. The number of urea groups is 1. The van der Waals surface area contributed by atoms with Crippen molar-refractivity contribution in [1.29, 1.82) is 0 Å².